The Kier molecular flexibility index (Phi) is 2.98. The Hall–Kier alpha value is -1.94. The van der Waals surface area contributed by atoms with Crippen LogP contribution in [0.25, 0.3) is 0 Å². The van der Waals surface area contributed by atoms with Gasteiger partial charge in [0.2, 0.25) is 11.1 Å². The summed E-state index contributed by atoms with van der Waals surface area (Å²) < 4.78 is 1.54. The van der Waals surface area contributed by atoms with Gasteiger partial charge in [-0.2, -0.15) is 0 Å². The van der Waals surface area contributed by atoms with E-state index in [0.29, 0.717) is 23.2 Å². The molecule has 3 aliphatic heterocycles. The number of carboxylic acids is 1. The van der Waals surface area contributed by atoms with Crippen molar-refractivity contribution in [1.29, 1.82) is 0 Å². The maximum Gasteiger partial charge on any atom is 0.352 e. The van der Waals surface area contributed by atoms with Crippen molar-refractivity contribution in [2.24, 2.45) is 13.0 Å². The quantitative estimate of drug-likeness (QED) is 0.527. The number of hydrogen-bond donors (Lipinski definition) is 2. The summed E-state index contributed by atoms with van der Waals surface area (Å²) in [5.41, 5.74) is 0.922. The van der Waals surface area contributed by atoms with Gasteiger partial charge in [-0.25, -0.2) is 9.48 Å². The first-order valence-electron chi connectivity index (χ1n) is 6.95. The van der Waals surface area contributed by atoms with Gasteiger partial charge in [-0.05, 0) is 28.3 Å². The van der Waals surface area contributed by atoms with Crippen LogP contribution in [0.3, 0.4) is 0 Å². The number of rotatable bonds is 4. The number of nitrogens with zero attached hydrogens (tertiary/aromatic N) is 5. The molecule has 0 radical (unpaired) electrons. The van der Waals surface area contributed by atoms with Gasteiger partial charge in [0, 0.05) is 19.3 Å². The predicted octanol–water partition coefficient (Wildman–Crippen LogP) is -1.16. The highest BCUT2D eigenvalue weighted by atomic mass is 32.2. The molecule has 4 rings (SSSR count). The van der Waals surface area contributed by atoms with Gasteiger partial charge in [0.15, 0.2) is 0 Å². The van der Waals surface area contributed by atoms with E-state index >= 15 is 0 Å². The van der Waals surface area contributed by atoms with E-state index in [2.05, 4.69) is 20.8 Å². The molecule has 1 aromatic rings. The Bertz CT molecular complexity index is 701. The molecule has 3 aliphatic rings. The highest BCUT2D eigenvalue weighted by molar-refractivity contribution is 7.99. The Morgan fingerprint density at radius 1 is 1.55 bits per heavy atom. The van der Waals surface area contributed by atoms with Crippen LogP contribution < -0.4 is 5.32 Å². The first kappa shape index (κ1) is 13.7. The minimum atomic E-state index is -1.04. The lowest BCUT2D eigenvalue weighted by Gasteiger charge is -2.48. The van der Waals surface area contributed by atoms with Crippen molar-refractivity contribution >= 4 is 23.6 Å². The fourth-order valence-corrected chi connectivity index (χ4v) is 4.39. The van der Waals surface area contributed by atoms with Crippen molar-refractivity contribution in [2.75, 3.05) is 12.3 Å². The molecule has 116 valence electrons. The first-order valence-corrected chi connectivity index (χ1v) is 7.93. The molecular weight excluding hydrogens is 308 g/mol. The third-order valence-corrected chi connectivity index (χ3v) is 5.57. The summed E-state index contributed by atoms with van der Waals surface area (Å²) in [6.45, 7) is 0.754. The molecule has 0 bridgehead atoms. The average Bonchev–Trinajstić information content (AvgIpc) is 3.07. The number of β-lactam (4-membered cyclic amide) rings is 1. The minimum absolute atomic E-state index is 0.00356. The van der Waals surface area contributed by atoms with E-state index in [1.165, 1.54) is 16.7 Å². The molecule has 1 aromatic heterocycles. The zero-order valence-corrected chi connectivity index (χ0v) is 12.6. The number of aryl methyl sites for hydroxylation is 1. The molecule has 2 fully saturated rings. The number of carbonyl (C=O) groups excluding carboxylic acids is 1. The molecule has 0 unspecified atom stereocenters. The number of aromatic nitrogens is 4. The number of tetrazole rings is 1. The van der Waals surface area contributed by atoms with Crippen LogP contribution in [0.1, 0.15) is 6.42 Å². The second-order valence-corrected chi connectivity index (χ2v) is 6.62. The molecule has 0 spiro atoms. The molecule has 2 N–H and O–H groups in total. The zero-order chi connectivity index (χ0) is 15.4. The SMILES string of the molecule is Cn1nnnc1SCC1=C(C(=O)O)N2C(=O)[C@H]3NC[C@@H](C1)[C@H]32. The maximum absolute atomic E-state index is 12.1. The number of amides is 1. The van der Waals surface area contributed by atoms with Crippen LogP contribution in [0.5, 0.6) is 0 Å². The summed E-state index contributed by atoms with van der Waals surface area (Å²) in [6, 6.07) is -0.194. The van der Waals surface area contributed by atoms with E-state index < -0.39 is 5.97 Å². The van der Waals surface area contributed by atoms with Crippen molar-refractivity contribution < 1.29 is 14.7 Å². The number of hydrogen-bond acceptors (Lipinski definition) is 7. The lowest BCUT2D eigenvalue weighted by Crippen LogP contribution is -2.68. The standard InChI is InChI=1S/C12H14N6O3S/c1-17-12(14-15-16-17)22-4-6-2-5-3-13-7-8(5)18(10(7)19)9(6)11(20)21/h5,7-8,13H,2-4H2,1H3,(H,20,21)/t5-,7+,8-/m1/s1. The number of carbonyl (C=O) groups is 2. The summed E-state index contributed by atoms with van der Waals surface area (Å²) in [5.74, 6) is -0.414. The molecule has 1 amide bonds. The van der Waals surface area contributed by atoms with Gasteiger partial charge >= 0.3 is 5.97 Å². The Morgan fingerprint density at radius 3 is 3.05 bits per heavy atom. The molecule has 3 atom stereocenters. The second-order valence-electron chi connectivity index (χ2n) is 5.68. The van der Waals surface area contributed by atoms with Crippen molar-refractivity contribution in [1.82, 2.24) is 30.4 Å². The van der Waals surface area contributed by atoms with E-state index in [0.717, 1.165) is 12.1 Å². The third kappa shape index (κ3) is 1.80. The fraction of sp³-hybridized carbons (Fsp3) is 0.583. The summed E-state index contributed by atoms with van der Waals surface area (Å²) in [7, 11) is 1.73. The highest BCUT2D eigenvalue weighted by Crippen LogP contribution is 2.44. The molecule has 0 aliphatic carbocycles. The number of thioether (sulfide) groups is 1. The normalized spacial score (nSPS) is 29.6. The topological polar surface area (TPSA) is 113 Å². The first-order chi connectivity index (χ1) is 10.6. The van der Waals surface area contributed by atoms with Crippen LogP contribution in [0, 0.1) is 5.92 Å². The zero-order valence-electron chi connectivity index (χ0n) is 11.8. The Morgan fingerprint density at radius 2 is 2.36 bits per heavy atom. The second kappa shape index (κ2) is 4.78. The van der Waals surface area contributed by atoms with Gasteiger partial charge in [-0.15, -0.1) is 5.10 Å². The Labute approximate surface area is 129 Å². The van der Waals surface area contributed by atoms with Crippen molar-refractivity contribution in [3.63, 3.8) is 0 Å². The molecule has 2 saturated heterocycles. The minimum Gasteiger partial charge on any atom is -0.477 e. The number of carboxylic acid groups (broad SMARTS) is 1. The van der Waals surface area contributed by atoms with Crippen LogP contribution in [0.2, 0.25) is 0 Å². The van der Waals surface area contributed by atoms with Crippen LogP contribution in [0.4, 0.5) is 0 Å². The van der Waals surface area contributed by atoms with E-state index in [4.69, 9.17) is 0 Å². The highest BCUT2D eigenvalue weighted by Gasteiger charge is 2.59. The van der Waals surface area contributed by atoms with Gasteiger partial charge < -0.3 is 10.4 Å². The van der Waals surface area contributed by atoms with Crippen LogP contribution in [-0.4, -0.2) is 66.5 Å². The molecule has 9 nitrogen and oxygen atoms in total. The van der Waals surface area contributed by atoms with Gasteiger partial charge in [0.05, 0.1) is 6.04 Å². The van der Waals surface area contributed by atoms with E-state index in [1.807, 2.05) is 0 Å². The third-order valence-electron chi connectivity index (χ3n) is 4.47. The molecular formula is C12H14N6O3S. The summed E-state index contributed by atoms with van der Waals surface area (Å²) in [5, 5.41) is 24.5. The maximum atomic E-state index is 12.1. The van der Waals surface area contributed by atoms with E-state index in [9.17, 15) is 14.7 Å². The number of nitrogens with one attached hydrogen (secondary N) is 1. The summed E-state index contributed by atoms with van der Waals surface area (Å²) in [6.07, 6.45) is 0.692. The van der Waals surface area contributed by atoms with Crippen LogP contribution in [-0.2, 0) is 16.6 Å². The number of aliphatic carboxylic acids is 1. The fourth-order valence-electron chi connectivity index (χ4n) is 3.51. The van der Waals surface area contributed by atoms with Gasteiger partial charge in [0.1, 0.15) is 11.7 Å². The van der Waals surface area contributed by atoms with Crippen molar-refractivity contribution in [3.05, 3.63) is 11.3 Å². The van der Waals surface area contributed by atoms with E-state index in [1.54, 1.807) is 11.7 Å². The van der Waals surface area contributed by atoms with Gasteiger partial charge in [0.25, 0.3) is 0 Å². The summed E-state index contributed by atoms with van der Waals surface area (Å²) in [4.78, 5) is 25.2. The molecule has 22 heavy (non-hydrogen) atoms. The molecule has 4 heterocycles. The largest absolute Gasteiger partial charge is 0.477 e. The smallest absolute Gasteiger partial charge is 0.352 e. The molecule has 0 saturated carbocycles. The molecule has 10 heteroatoms. The monoisotopic (exact) mass is 322 g/mol. The van der Waals surface area contributed by atoms with Crippen molar-refractivity contribution in [3.8, 4) is 0 Å². The predicted molar refractivity (Wildman–Crippen MR) is 74.7 cm³/mol. The Balaban J connectivity index is 1.63. The average molecular weight is 322 g/mol. The van der Waals surface area contributed by atoms with Crippen molar-refractivity contribution in [2.45, 2.75) is 23.7 Å². The van der Waals surface area contributed by atoms with Crippen LogP contribution >= 0.6 is 11.8 Å². The van der Waals surface area contributed by atoms with E-state index in [-0.39, 0.29) is 23.7 Å². The van der Waals surface area contributed by atoms with Crippen LogP contribution in [0.15, 0.2) is 16.4 Å². The lowest BCUT2D eigenvalue weighted by atomic mass is 9.80. The van der Waals surface area contributed by atoms with Gasteiger partial charge in [-0.1, -0.05) is 11.8 Å². The summed E-state index contributed by atoms with van der Waals surface area (Å²) >= 11 is 1.38. The molecule has 0 aromatic carbocycles. The lowest BCUT2D eigenvalue weighted by molar-refractivity contribution is -0.153. The van der Waals surface area contributed by atoms with Gasteiger partial charge in [-0.3, -0.25) is 9.69 Å².